The predicted octanol–water partition coefficient (Wildman–Crippen LogP) is 4.53. The average Bonchev–Trinajstić information content (AvgIpc) is 3.16. The summed E-state index contributed by atoms with van der Waals surface area (Å²) in [4.78, 5) is 29.0. The van der Waals surface area contributed by atoms with Crippen molar-refractivity contribution in [3.8, 4) is 11.3 Å². The number of fused-ring (bicyclic) bond motifs is 1. The molecule has 0 unspecified atom stereocenters. The topological polar surface area (TPSA) is 131 Å². The molecule has 4 aromatic rings. The van der Waals surface area contributed by atoms with Crippen molar-refractivity contribution in [1.29, 1.82) is 0 Å². The number of alkyl halides is 3. The van der Waals surface area contributed by atoms with Gasteiger partial charge in [-0.1, -0.05) is 23.7 Å². The van der Waals surface area contributed by atoms with Crippen LogP contribution in [0.25, 0.3) is 22.3 Å². The van der Waals surface area contributed by atoms with Crippen LogP contribution in [0.2, 0.25) is 5.02 Å². The molecule has 0 saturated heterocycles. The van der Waals surface area contributed by atoms with E-state index in [1.54, 1.807) is 0 Å². The number of aromatic nitrogens is 3. The third-order valence-corrected chi connectivity index (χ3v) is 5.89. The van der Waals surface area contributed by atoms with E-state index in [-0.39, 0.29) is 33.5 Å². The fraction of sp³-hybridized carbons (Fsp3) is 0.0909. The van der Waals surface area contributed by atoms with Crippen LogP contribution in [0.4, 0.5) is 18.9 Å². The molecule has 4 rings (SSSR count). The van der Waals surface area contributed by atoms with Crippen molar-refractivity contribution < 1.29 is 36.3 Å². The molecule has 0 aliphatic carbocycles. The number of anilines is 1. The van der Waals surface area contributed by atoms with Crippen LogP contribution in [0.1, 0.15) is 26.3 Å². The monoisotopic (exact) mass is 538 g/mol. The van der Waals surface area contributed by atoms with Crippen LogP contribution < -0.4 is 4.72 Å². The molecule has 14 heteroatoms. The lowest BCUT2D eigenvalue weighted by Crippen LogP contribution is -2.20. The van der Waals surface area contributed by atoms with Crippen molar-refractivity contribution in [2.75, 3.05) is 11.0 Å². The van der Waals surface area contributed by atoms with Crippen LogP contribution >= 0.6 is 11.6 Å². The highest BCUT2D eigenvalue weighted by atomic mass is 35.5. The molecule has 0 radical (unpaired) electrons. The van der Waals surface area contributed by atoms with Crippen LogP contribution in [0, 0.1) is 0 Å². The van der Waals surface area contributed by atoms with Gasteiger partial charge in [-0.2, -0.15) is 23.0 Å². The zero-order valence-electron chi connectivity index (χ0n) is 18.0. The van der Waals surface area contributed by atoms with E-state index in [0.717, 1.165) is 30.5 Å². The third kappa shape index (κ3) is 4.75. The first-order valence-electron chi connectivity index (χ1n) is 9.87. The zero-order valence-corrected chi connectivity index (χ0v) is 19.6. The largest absolute Gasteiger partial charge is 0.478 e. The Morgan fingerprint density at radius 3 is 2.47 bits per heavy atom. The van der Waals surface area contributed by atoms with Crippen LogP contribution in [0.3, 0.4) is 0 Å². The third-order valence-electron chi connectivity index (χ3n) is 4.98. The molecule has 0 atom stereocenters. The molecule has 0 aliphatic rings. The number of hydrogen-bond acceptors (Lipinski definition) is 6. The van der Waals surface area contributed by atoms with E-state index in [4.69, 9.17) is 11.6 Å². The summed E-state index contributed by atoms with van der Waals surface area (Å²) in [7, 11) is -3.87. The van der Waals surface area contributed by atoms with E-state index in [1.807, 2.05) is 0 Å². The number of carbonyl (C=O) groups is 2. The average molecular weight is 539 g/mol. The Bertz CT molecular complexity index is 1650. The van der Waals surface area contributed by atoms with Crippen LogP contribution in [0.5, 0.6) is 0 Å². The van der Waals surface area contributed by atoms with Crippen molar-refractivity contribution in [1.82, 2.24) is 14.8 Å². The van der Waals surface area contributed by atoms with Gasteiger partial charge in [0.2, 0.25) is 10.0 Å². The fourth-order valence-corrected chi connectivity index (χ4v) is 4.37. The molecule has 36 heavy (non-hydrogen) atoms. The van der Waals surface area contributed by atoms with Gasteiger partial charge in [0.1, 0.15) is 11.2 Å². The van der Waals surface area contributed by atoms with Gasteiger partial charge >= 0.3 is 12.1 Å². The summed E-state index contributed by atoms with van der Waals surface area (Å²) < 4.78 is 67.1. The molecule has 0 amide bonds. The predicted molar refractivity (Wildman–Crippen MR) is 125 cm³/mol. The number of halogens is 4. The van der Waals surface area contributed by atoms with Gasteiger partial charge in [-0.05, 0) is 36.4 Å². The Labute approximate surface area is 206 Å². The Morgan fingerprint density at radius 2 is 1.83 bits per heavy atom. The molecule has 186 valence electrons. The summed E-state index contributed by atoms with van der Waals surface area (Å²) in [5, 5.41) is 13.1. The minimum atomic E-state index is -4.88. The molecule has 0 aliphatic heterocycles. The molecule has 2 aromatic heterocycles. The molecule has 2 N–H and O–H groups in total. The second-order valence-corrected chi connectivity index (χ2v) is 9.69. The van der Waals surface area contributed by atoms with E-state index < -0.39 is 44.2 Å². The minimum Gasteiger partial charge on any atom is -0.478 e. The summed E-state index contributed by atoms with van der Waals surface area (Å²) in [6, 6.07) is 9.37. The van der Waals surface area contributed by atoms with Gasteiger partial charge in [0, 0.05) is 11.8 Å². The first-order chi connectivity index (χ1) is 16.8. The molecule has 0 saturated carbocycles. The highest BCUT2D eigenvalue weighted by molar-refractivity contribution is 7.92. The molecule has 2 aromatic carbocycles. The maximum Gasteiger partial charge on any atom is 0.417 e. The Morgan fingerprint density at radius 1 is 1.11 bits per heavy atom. The maximum atomic E-state index is 13.6. The van der Waals surface area contributed by atoms with Gasteiger partial charge in [-0.3, -0.25) is 14.5 Å². The number of pyridine rings is 1. The van der Waals surface area contributed by atoms with Gasteiger partial charge in [0.25, 0.3) is 5.91 Å². The number of carbonyl (C=O) groups excluding carboxylic acids is 1. The quantitative estimate of drug-likeness (QED) is 0.381. The van der Waals surface area contributed by atoms with Crippen LogP contribution in [-0.2, 0) is 16.2 Å². The van der Waals surface area contributed by atoms with Crippen molar-refractivity contribution in [3.63, 3.8) is 0 Å². The lowest BCUT2D eigenvalue weighted by molar-refractivity contribution is -0.137. The fourth-order valence-electron chi connectivity index (χ4n) is 3.55. The van der Waals surface area contributed by atoms with Crippen LogP contribution in [0.15, 0.2) is 54.7 Å². The molecular weight excluding hydrogens is 525 g/mol. The van der Waals surface area contributed by atoms with Crippen molar-refractivity contribution >= 4 is 50.2 Å². The standard InChI is InChI=1S/C22H14ClF3N4O5S/c1-36(34,35)29-15-10-11(7-8-12(15)21(32)33)18-19-16(6-3-9-27-19)30(28-18)20(31)17-13(22(24,25)26)4-2-5-14(17)23/h2-10,29H,1H3,(H,32,33). The smallest absolute Gasteiger partial charge is 0.417 e. The van der Waals surface area contributed by atoms with Crippen molar-refractivity contribution in [2.24, 2.45) is 0 Å². The van der Waals surface area contributed by atoms with E-state index in [9.17, 15) is 36.3 Å². The number of nitrogens with one attached hydrogen (secondary N) is 1. The van der Waals surface area contributed by atoms with Crippen LogP contribution in [-0.4, -0.2) is 46.4 Å². The Kier molecular flexibility index (Phi) is 6.22. The Balaban J connectivity index is 1.94. The summed E-state index contributed by atoms with van der Waals surface area (Å²) >= 11 is 5.99. The number of rotatable bonds is 5. The van der Waals surface area contributed by atoms with E-state index in [0.29, 0.717) is 4.68 Å². The van der Waals surface area contributed by atoms with E-state index >= 15 is 0 Å². The summed E-state index contributed by atoms with van der Waals surface area (Å²) in [5.41, 5.74) is -2.41. The van der Waals surface area contributed by atoms with Gasteiger partial charge in [0.15, 0.2) is 0 Å². The molecular formula is C22H14ClF3N4O5S. The number of carboxylic acid groups (broad SMARTS) is 1. The lowest BCUT2D eigenvalue weighted by atomic mass is 10.1. The lowest BCUT2D eigenvalue weighted by Gasteiger charge is -2.13. The number of sulfonamides is 1. The minimum absolute atomic E-state index is 0.00643. The van der Waals surface area contributed by atoms with Gasteiger partial charge in [-0.25, -0.2) is 13.2 Å². The number of aromatic carboxylic acids is 1. The number of hydrogen-bond donors (Lipinski definition) is 2. The molecule has 0 spiro atoms. The van der Waals surface area contributed by atoms with Crippen molar-refractivity contribution in [3.05, 3.63) is 76.4 Å². The van der Waals surface area contributed by atoms with E-state index in [2.05, 4.69) is 14.8 Å². The first-order valence-corrected chi connectivity index (χ1v) is 12.1. The summed E-state index contributed by atoms with van der Waals surface area (Å²) in [6.45, 7) is 0. The normalized spacial score (nSPS) is 12.0. The number of benzene rings is 2. The SMILES string of the molecule is CS(=O)(=O)Nc1cc(-c2nn(C(=O)c3c(Cl)cccc3C(F)(F)F)c3cccnc23)ccc1C(=O)O. The first kappa shape index (κ1) is 25.1. The van der Waals surface area contributed by atoms with Crippen molar-refractivity contribution in [2.45, 2.75) is 6.18 Å². The molecule has 2 heterocycles. The molecule has 9 nitrogen and oxygen atoms in total. The maximum absolute atomic E-state index is 13.6. The van der Waals surface area contributed by atoms with Gasteiger partial charge < -0.3 is 5.11 Å². The summed E-state index contributed by atoms with van der Waals surface area (Å²) in [6.07, 6.45) is -2.68. The Hall–Kier alpha value is -3.97. The summed E-state index contributed by atoms with van der Waals surface area (Å²) in [5.74, 6) is -2.58. The highest BCUT2D eigenvalue weighted by Gasteiger charge is 2.37. The molecule has 0 bridgehead atoms. The molecule has 0 fully saturated rings. The van der Waals surface area contributed by atoms with Gasteiger partial charge in [0.05, 0.1) is 39.2 Å². The second-order valence-electron chi connectivity index (χ2n) is 7.54. The highest BCUT2D eigenvalue weighted by Crippen LogP contribution is 2.37. The number of nitrogens with zero attached hydrogens (tertiary/aromatic N) is 3. The van der Waals surface area contributed by atoms with E-state index in [1.165, 1.54) is 30.5 Å². The number of carboxylic acids is 1. The second kappa shape index (κ2) is 8.91. The van der Waals surface area contributed by atoms with Gasteiger partial charge in [-0.15, -0.1) is 0 Å². The zero-order chi connectivity index (χ0) is 26.4.